The highest BCUT2D eigenvalue weighted by Gasteiger charge is 2.09. The van der Waals surface area contributed by atoms with Gasteiger partial charge in [0, 0.05) is 0 Å². The van der Waals surface area contributed by atoms with Gasteiger partial charge >= 0.3 is 0 Å². The van der Waals surface area contributed by atoms with Crippen molar-refractivity contribution in [2.75, 3.05) is 7.11 Å². The molecule has 0 saturated heterocycles. The molecule has 1 heterocycles. The lowest BCUT2D eigenvalue weighted by Gasteiger charge is -2.03. The van der Waals surface area contributed by atoms with E-state index >= 15 is 0 Å². The first kappa shape index (κ1) is 13.5. The molecule has 3 rings (SSSR count). The third kappa shape index (κ3) is 2.71. The molecular weight excluding hydrogens is 290 g/mol. The number of hydrogen-bond acceptors (Lipinski definition) is 4. The van der Waals surface area contributed by atoms with E-state index in [0.29, 0.717) is 22.3 Å². The minimum Gasteiger partial charge on any atom is -0.504 e. The number of hydrogen-bond donors (Lipinski definition) is 1. The summed E-state index contributed by atoms with van der Waals surface area (Å²) in [7, 11) is 1.50. The summed E-state index contributed by atoms with van der Waals surface area (Å²) in [6.07, 6.45) is 1.67. The van der Waals surface area contributed by atoms with Crippen molar-refractivity contribution >= 4 is 33.8 Å². The lowest BCUT2D eigenvalue weighted by Crippen LogP contribution is -1.84. The number of aromatic hydroxyl groups is 1. The first-order chi connectivity index (χ1) is 10.2. The van der Waals surface area contributed by atoms with Crippen LogP contribution >= 0.6 is 11.6 Å². The van der Waals surface area contributed by atoms with Crippen LogP contribution in [0, 0.1) is 0 Å². The lowest BCUT2D eigenvalue weighted by atomic mass is 10.2. The quantitative estimate of drug-likeness (QED) is 0.784. The van der Waals surface area contributed by atoms with E-state index in [0.717, 1.165) is 11.1 Å². The smallest absolute Gasteiger partial charge is 0.238 e. The Kier molecular flexibility index (Phi) is 3.54. The van der Waals surface area contributed by atoms with E-state index in [2.05, 4.69) is 4.98 Å². The van der Waals surface area contributed by atoms with Crippen LogP contribution < -0.4 is 4.74 Å². The molecule has 106 valence electrons. The molecule has 4 nitrogen and oxygen atoms in total. The molecule has 0 aliphatic rings. The molecule has 3 aromatic rings. The van der Waals surface area contributed by atoms with Crippen LogP contribution in [-0.4, -0.2) is 17.2 Å². The molecule has 5 heteroatoms. The van der Waals surface area contributed by atoms with Crippen molar-refractivity contribution in [1.29, 1.82) is 0 Å². The highest BCUT2D eigenvalue weighted by Crippen LogP contribution is 2.30. The molecule has 0 aliphatic heterocycles. The third-order valence-electron chi connectivity index (χ3n) is 2.99. The van der Waals surface area contributed by atoms with E-state index in [1.165, 1.54) is 7.11 Å². The maximum Gasteiger partial charge on any atom is 0.238 e. The topological polar surface area (TPSA) is 55.5 Å². The number of nitrogens with zero attached hydrogens (tertiary/aromatic N) is 1. The summed E-state index contributed by atoms with van der Waals surface area (Å²) in [6, 6.07) is 12.4. The van der Waals surface area contributed by atoms with Crippen LogP contribution in [0.25, 0.3) is 22.2 Å². The van der Waals surface area contributed by atoms with Gasteiger partial charge in [0.2, 0.25) is 5.89 Å². The van der Waals surface area contributed by atoms with Gasteiger partial charge in [-0.2, -0.15) is 0 Å². The van der Waals surface area contributed by atoms with Gasteiger partial charge in [-0.15, -0.1) is 0 Å². The summed E-state index contributed by atoms with van der Waals surface area (Å²) in [5.74, 6) is 0.798. The number of para-hydroxylation sites is 2. The van der Waals surface area contributed by atoms with Gasteiger partial charge in [-0.1, -0.05) is 29.8 Å². The number of fused-ring (bicyclic) bond motifs is 1. The van der Waals surface area contributed by atoms with Crippen molar-refractivity contribution in [3.05, 3.63) is 53.9 Å². The number of phenolic OH excluding ortho intramolecular Hbond substituents is 1. The highest BCUT2D eigenvalue weighted by atomic mass is 35.5. The predicted molar refractivity (Wildman–Crippen MR) is 82.4 cm³/mol. The number of methoxy groups -OCH3 is 1. The zero-order valence-corrected chi connectivity index (χ0v) is 12.0. The molecule has 0 spiro atoms. The van der Waals surface area contributed by atoms with Gasteiger partial charge in [0.1, 0.15) is 10.5 Å². The van der Waals surface area contributed by atoms with Crippen LogP contribution in [0.15, 0.2) is 46.9 Å². The molecule has 0 unspecified atom stereocenters. The van der Waals surface area contributed by atoms with Crippen molar-refractivity contribution in [3.8, 4) is 11.5 Å². The zero-order valence-electron chi connectivity index (χ0n) is 11.2. The van der Waals surface area contributed by atoms with Crippen molar-refractivity contribution in [2.45, 2.75) is 0 Å². The average molecular weight is 302 g/mol. The van der Waals surface area contributed by atoms with Crippen LogP contribution in [0.3, 0.4) is 0 Å². The molecule has 1 aromatic heterocycles. The summed E-state index contributed by atoms with van der Waals surface area (Å²) in [6.45, 7) is 0. The highest BCUT2D eigenvalue weighted by molar-refractivity contribution is 6.50. The molecule has 0 amide bonds. The Morgan fingerprint density at radius 2 is 2.10 bits per heavy atom. The fourth-order valence-electron chi connectivity index (χ4n) is 1.98. The fraction of sp³-hybridized carbons (Fsp3) is 0.0625. The van der Waals surface area contributed by atoms with Gasteiger partial charge in [-0.3, -0.25) is 0 Å². The molecule has 2 aromatic carbocycles. The van der Waals surface area contributed by atoms with Crippen LogP contribution in [-0.2, 0) is 0 Å². The van der Waals surface area contributed by atoms with Gasteiger partial charge in [0.05, 0.1) is 7.11 Å². The summed E-state index contributed by atoms with van der Waals surface area (Å²) in [5, 5.41) is 10.1. The maximum absolute atomic E-state index is 9.75. The van der Waals surface area contributed by atoms with Gasteiger partial charge in [-0.05, 0) is 35.9 Å². The second-order valence-corrected chi connectivity index (χ2v) is 4.82. The molecule has 0 radical (unpaired) electrons. The molecule has 1 N–H and O–H groups in total. The molecule has 0 bridgehead atoms. The van der Waals surface area contributed by atoms with Gasteiger partial charge < -0.3 is 14.3 Å². The number of phenols is 1. The number of oxazole rings is 1. The Morgan fingerprint density at radius 1 is 1.29 bits per heavy atom. The SMILES string of the molecule is COc1ccc(/C=C(\Cl)c2nc3ccccc3o2)cc1O. The molecule has 0 saturated carbocycles. The minimum atomic E-state index is 0.0493. The predicted octanol–water partition coefficient (Wildman–Crippen LogP) is 4.28. The standard InChI is InChI=1S/C16H12ClNO3/c1-20-15-7-6-10(9-13(15)19)8-11(17)16-18-12-4-2-3-5-14(12)21-16/h2-9,19H,1H3/b11-8-. The van der Waals surface area contributed by atoms with Crippen molar-refractivity contribution in [1.82, 2.24) is 4.98 Å². The number of ether oxygens (including phenoxy) is 1. The minimum absolute atomic E-state index is 0.0493. The van der Waals surface area contributed by atoms with E-state index in [9.17, 15) is 5.11 Å². The number of aromatic nitrogens is 1. The largest absolute Gasteiger partial charge is 0.504 e. The van der Waals surface area contributed by atoms with Crippen molar-refractivity contribution in [3.63, 3.8) is 0 Å². The average Bonchev–Trinajstić information content (AvgIpc) is 2.91. The Hall–Kier alpha value is -2.46. The second kappa shape index (κ2) is 5.50. The van der Waals surface area contributed by atoms with Crippen molar-refractivity contribution < 1.29 is 14.3 Å². The van der Waals surface area contributed by atoms with E-state index < -0.39 is 0 Å². The fourth-order valence-corrected chi connectivity index (χ4v) is 2.19. The Morgan fingerprint density at radius 3 is 2.81 bits per heavy atom. The molecular formula is C16H12ClNO3. The van der Waals surface area contributed by atoms with Crippen LogP contribution in [0.4, 0.5) is 0 Å². The number of rotatable bonds is 3. The Bertz CT molecular complexity index is 790. The first-order valence-corrected chi connectivity index (χ1v) is 6.65. The maximum atomic E-state index is 9.75. The summed E-state index contributed by atoms with van der Waals surface area (Å²) in [4.78, 5) is 4.31. The Balaban J connectivity index is 1.96. The van der Waals surface area contributed by atoms with E-state index in [1.807, 2.05) is 24.3 Å². The van der Waals surface area contributed by atoms with Gasteiger partial charge in [-0.25, -0.2) is 4.98 Å². The first-order valence-electron chi connectivity index (χ1n) is 6.27. The lowest BCUT2D eigenvalue weighted by molar-refractivity contribution is 0.373. The molecule has 21 heavy (non-hydrogen) atoms. The van der Waals surface area contributed by atoms with Crippen LogP contribution in [0.1, 0.15) is 11.5 Å². The summed E-state index contributed by atoms with van der Waals surface area (Å²) in [5.41, 5.74) is 2.15. The third-order valence-corrected chi connectivity index (χ3v) is 3.27. The second-order valence-electron chi connectivity index (χ2n) is 4.41. The summed E-state index contributed by atoms with van der Waals surface area (Å²) < 4.78 is 10.6. The van der Waals surface area contributed by atoms with Crippen LogP contribution in [0.5, 0.6) is 11.5 Å². The van der Waals surface area contributed by atoms with Gasteiger partial charge in [0.15, 0.2) is 17.1 Å². The number of halogens is 1. The summed E-state index contributed by atoms with van der Waals surface area (Å²) >= 11 is 6.23. The normalized spacial score (nSPS) is 11.8. The van der Waals surface area contributed by atoms with Crippen molar-refractivity contribution in [2.24, 2.45) is 0 Å². The van der Waals surface area contributed by atoms with Crippen LogP contribution in [0.2, 0.25) is 0 Å². The van der Waals surface area contributed by atoms with E-state index in [1.54, 1.807) is 24.3 Å². The zero-order chi connectivity index (χ0) is 14.8. The Labute approximate surface area is 126 Å². The molecule has 0 atom stereocenters. The van der Waals surface area contributed by atoms with E-state index in [4.69, 9.17) is 20.8 Å². The molecule has 0 aliphatic carbocycles. The monoisotopic (exact) mass is 301 g/mol. The van der Waals surface area contributed by atoms with Gasteiger partial charge in [0.25, 0.3) is 0 Å². The number of benzene rings is 2. The molecule has 0 fully saturated rings. The van der Waals surface area contributed by atoms with E-state index in [-0.39, 0.29) is 5.75 Å².